The highest BCUT2D eigenvalue weighted by atomic mass is 16.5. The first-order chi connectivity index (χ1) is 12.3. The summed E-state index contributed by atoms with van der Waals surface area (Å²) >= 11 is 0. The zero-order valence-electron chi connectivity index (χ0n) is 14.1. The summed E-state index contributed by atoms with van der Waals surface area (Å²) in [5.41, 5.74) is 0. The van der Waals surface area contributed by atoms with E-state index >= 15 is 0 Å². The van der Waals surface area contributed by atoms with Gasteiger partial charge in [-0.1, -0.05) is 18.2 Å². The first-order valence-corrected chi connectivity index (χ1v) is 8.40. The van der Waals surface area contributed by atoms with Gasteiger partial charge in [0.1, 0.15) is 25.0 Å². The number of nitrogens with one attached hydrogen (secondary N) is 1. The second kappa shape index (κ2) is 9.14. The SMILES string of the molecule is O=C(CN1CCO[C@H](Cn2cncn2)C1)NCCOc1ccccc1. The lowest BCUT2D eigenvalue weighted by atomic mass is 10.2. The second-order valence-electron chi connectivity index (χ2n) is 5.86. The van der Waals surface area contributed by atoms with Gasteiger partial charge in [0.25, 0.3) is 0 Å². The van der Waals surface area contributed by atoms with Gasteiger partial charge in [-0.15, -0.1) is 0 Å². The summed E-state index contributed by atoms with van der Waals surface area (Å²) in [6, 6.07) is 9.56. The van der Waals surface area contributed by atoms with Gasteiger partial charge in [-0.2, -0.15) is 5.10 Å². The topological polar surface area (TPSA) is 81.5 Å². The Morgan fingerprint density at radius 2 is 2.24 bits per heavy atom. The lowest BCUT2D eigenvalue weighted by molar-refractivity contribution is -0.124. The van der Waals surface area contributed by atoms with Crippen LogP contribution in [0.5, 0.6) is 5.75 Å². The molecular weight excluding hydrogens is 322 g/mol. The van der Waals surface area contributed by atoms with Crippen molar-refractivity contribution in [2.45, 2.75) is 12.6 Å². The molecule has 3 rings (SSSR count). The zero-order valence-corrected chi connectivity index (χ0v) is 14.1. The molecule has 25 heavy (non-hydrogen) atoms. The van der Waals surface area contributed by atoms with Crippen molar-refractivity contribution >= 4 is 5.91 Å². The summed E-state index contributed by atoms with van der Waals surface area (Å²) < 4.78 is 13.0. The predicted octanol–water partition coefficient (Wildman–Crippen LogP) is 0.174. The first kappa shape index (κ1) is 17.4. The number of carbonyl (C=O) groups is 1. The molecule has 1 aromatic carbocycles. The zero-order chi connectivity index (χ0) is 17.3. The highest BCUT2D eigenvalue weighted by Gasteiger charge is 2.22. The maximum Gasteiger partial charge on any atom is 0.234 e. The number of nitrogens with zero attached hydrogens (tertiary/aromatic N) is 4. The molecule has 134 valence electrons. The Kier molecular flexibility index (Phi) is 6.35. The molecule has 1 aromatic heterocycles. The van der Waals surface area contributed by atoms with Crippen molar-refractivity contribution in [2.75, 3.05) is 39.4 Å². The summed E-state index contributed by atoms with van der Waals surface area (Å²) in [6.07, 6.45) is 3.19. The Balaban J connectivity index is 1.33. The number of carbonyl (C=O) groups excluding carboxylic acids is 1. The third-order valence-corrected chi connectivity index (χ3v) is 3.88. The average molecular weight is 345 g/mol. The lowest BCUT2D eigenvalue weighted by Gasteiger charge is -2.32. The standard InChI is InChI=1S/C17H23N5O3/c23-17(19-6-8-24-15-4-2-1-3-5-15)12-21-7-9-25-16(10-21)11-22-14-18-13-20-22/h1-5,13-14,16H,6-12H2,(H,19,23)/t16-/m0/s1. The molecular formula is C17H23N5O3. The van der Waals surface area contributed by atoms with Crippen LogP contribution in [0.3, 0.4) is 0 Å². The van der Waals surface area contributed by atoms with Gasteiger partial charge in [-0.3, -0.25) is 14.4 Å². The van der Waals surface area contributed by atoms with E-state index in [1.54, 1.807) is 11.0 Å². The van der Waals surface area contributed by atoms with E-state index in [4.69, 9.17) is 9.47 Å². The quantitative estimate of drug-likeness (QED) is 0.687. The fourth-order valence-corrected chi connectivity index (χ4v) is 2.71. The van der Waals surface area contributed by atoms with E-state index in [0.717, 1.165) is 12.3 Å². The fourth-order valence-electron chi connectivity index (χ4n) is 2.71. The number of hydrogen-bond acceptors (Lipinski definition) is 6. The minimum absolute atomic E-state index is 0.00179. The van der Waals surface area contributed by atoms with Crippen LogP contribution in [-0.4, -0.2) is 71.1 Å². The Morgan fingerprint density at radius 1 is 1.36 bits per heavy atom. The van der Waals surface area contributed by atoms with Crippen LogP contribution in [-0.2, 0) is 16.1 Å². The van der Waals surface area contributed by atoms with E-state index < -0.39 is 0 Å². The van der Waals surface area contributed by atoms with Gasteiger partial charge in [0.15, 0.2) is 0 Å². The van der Waals surface area contributed by atoms with E-state index in [0.29, 0.717) is 39.4 Å². The van der Waals surface area contributed by atoms with E-state index in [1.807, 2.05) is 30.3 Å². The van der Waals surface area contributed by atoms with Crippen LogP contribution < -0.4 is 10.1 Å². The van der Waals surface area contributed by atoms with Crippen LogP contribution in [0.25, 0.3) is 0 Å². The molecule has 2 aromatic rings. The van der Waals surface area contributed by atoms with Gasteiger partial charge in [-0.25, -0.2) is 4.98 Å². The molecule has 8 nitrogen and oxygen atoms in total. The number of benzene rings is 1. The summed E-state index contributed by atoms with van der Waals surface area (Å²) in [6.45, 7) is 4.01. The van der Waals surface area contributed by atoms with E-state index in [2.05, 4.69) is 20.3 Å². The van der Waals surface area contributed by atoms with Crippen LogP contribution >= 0.6 is 0 Å². The van der Waals surface area contributed by atoms with Gasteiger partial charge >= 0.3 is 0 Å². The van der Waals surface area contributed by atoms with Crippen molar-refractivity contribution in [3.63, 3.8) is 0 Å². The van der Waals surface area contributed by atoms with Crippen LogP contribution in [0.15, 0.2) is 43.0 Å². The number of morpholine rings is 1. The molecule has 0 aliphatic carbocycles. The number of amides is 1. The number of rotatable bonds is 8. The maximum absolute atomic E-state index is 12.1. The molecule has 1 saturated heterocycles. The van der Waals surface area contributed by atoms with E-state index in [9.17, 15) is 4.79 Å². The Morgan fingerprint density at radius 3 is 3.04 bits per heavy atom. The van der Waals surface area contributed by atoms with Crippen molar-refractivity contribution in [1.82, 2.24) is 25.0 Å². The molecule has 1 aliphatic rings. The molecule has 0 unspecified atom stereocenters. The smallest absolute Gasteiger partial charge is 0.234 e. The van der Waals surface area contributed by atoms with Gasteiger partial charge in [0.2, 0.25) is 5.91 Å². The molecule has 1 fully saturated rings. The normalized spacial score (nSPS) is 18.0. The first-order valence-electron chi connectivity index (χ1n) is 8.40. The van der Waals surface area contributed by atoms with Gasteiger partial charge in [0.05, 0.1) is 32.3 Å². The Hall–Kier alpha value is -2.45. The third kappa shape index (κ3) is 5.84. The predicted molar refractivity (Wildman–Crippen MR) is 91.1 cm³/mol. The van der Waals surface area contributed by atoms with Crippen LogP contribution in [0.4, 0.5) is 0 Å². The van der Waals surface area contributed by atoms with Gasteiger partial charge in [-0.05, 0) is 12.1 Å². The van der Waals surface area contributed by atoms with Crippen LogP contribution in [0, 0.1) is 0 Å². The van der Waals surface area contributed by atoms with Crippen LogP contribution in [0.1, 0.15) is 0 Å². The average Bonchev–Trinajstić information content (AvgIpc) is 3.13. The van der Waals surface area contributed by atoms with Crippen molar-refractivity contribution in [2.24, 2.45) is 0 Å². The van der Waals surface area contributed by atoms with Crippen molar-refractivity contribution in [3.05, 3.63) is 43.0 Å². The van der Waals surface area contributed by atoms with Crippen molar-refractivity contribution < 1.29 is 14.3 Å². The minimum atomic E-state index is -0.00179. The van der Waals surface area contributed by atoms with Crippen molar-refractivity contribution in [1.29, 1.82) is 0 Å². The molecule has 0 bridgehead atoms. The number of aromatic nitrogens is 3. The van der Waals surface area contributed by atoms with E-state index in [-0.39, 0.29) is 12.0 Å². The minimum Gasteiger partial charge on any atom is -0.492 e. The van der Waals surface area contributed by atoms with Gasteiger partial charge in [0, 0.05) is 13.1 Å². The molecule has 0 spiro atoms. The molecule has 0 radical (unpaired) electrons. The van der Waals surface area contributed by atoms with E-state index in [1.165, 1.54) is 6.33 Å². The largest absolute Gasteiger partial charge is 0.492 e. The Bertz CT molecular complexity index is 635. The molecule has 1 N–H and O–H groups in total. The second-order valence-corrected chi connectivity index (χ2v) is 5.86. The molecule has 0 saturated carbocycles. The summed E-state index contributed by atoms with van der Waals surface area (Å²) in [5, 5.41) is 6.97. The molecule has 1 amide bonds. The highest BCUT2D eigenvalue weighted by Crippen LogP contribution is 2.08. The van der Waals surface area contributed by atoms with Gasteiger partial charge < -0.3 is 14.8 Å². The number of hydrogen-bond donors (Lipinski definition) is 1. The summed E-state index contributed by atoms with van der Waals surface area (Å²) in [4.78, 5) is 18.1. The summed E-state index contributed by atoms with van der Waals surface area (Å²) in [7, 11) is 0. The number of ether oxygens (including phenoxy) is 2. The molecule has 2 heterocycles. The Labute approximate surface area is 146 Å². The monoisotopic (exact) mass is 345 g/mol. The molecule has 1 aliphatic heterocycles. The van der Waals surface area contributed by atoms with Crippen molar-refractivity contribution in [3.8, 4) is 5.75 Å². The maximum atomic E-state index is 12.1. The number of para-hydroxylation sites is 1. The van der Waals surface area contributed by atoms with Crippen LogP contribution in [0.2, 0.25) is 0 Å². The molecule has 8 heteroatoms. The third-order valence-electron chi connectivity index (χ3n) is 3.88. The lowest BCUT2D eigenvalue weighted by Crippen LogP contribution is -2.48. The fraction of sp³-hybridized carbons (Fsp3) is 0.471. The highest BCUT2D eigenvalue weighted by molar-refractivity contribution is 5.78. The summed E-state index contributed by atoms with van der Waals surface area (Å²) in [5.74, 6) is 0.805. The molecule has 1 atom stereocenters.